The van der Waals surface area contributed by atoms with Crippen LogP contribution in [0.5, 0.6) is 5.75 Å². The standard InChI is InChI=1S/C16H13ClN2O4S/c1-8-3-15(21)23-12-5-13(11(17)4-10(8)12)22-6-14(20)19-16-18-9(2)7-24-16/h3-5,7H,6H2,1-2H3,(H,18,19,20). The van der Waals surface area contributed by atoms with Crippen molar-refractivity contribution in [3.63, 3.8) is 0 Å². The number of thiazole rings is 1. The van der Waals surface area contributed by atoms with Crippen molar-refractivity contribution in [1.82, 2.24) is 4.98 Å². The molecule has 0 saturated carbocycles. The number of halogens is 1. The molecule has 0 unspecified atom stereocenters. The maximum atomic E-state index is 11.9. The van der Waals surface area contributed by atoms with Crippen molar-refractivity contribution in [2.75, 3.05) is 11.9 Å². The fourth-order valence-corrected chi connectivity index (χ4v) is 3.06. The first-order chi connectivity index (χ1) is 11.4. The van der Waals surface area contributed by atoms with Gasteiger partial charge in [0.05, 0.1) is 10.7 Å². The molecule has 6 nitrogen and oxygen atoms in total. The second kappa shape index (κ2) is 6.62. The third kappa shape index (κ3) is 3.58. The third-order valence-corrected chi connectivity index (χ3v) is 4.40. The number of aryl methyl sites for hydroxylation is 2. The number of benzene rings is 1. The number of ether oxygens (including phenoxy) is 1. The Morgan fingerprint density at radius 3 is 2.88 bits per heavy atom. The molecule has 3 aromatic rings. The number of nitrogens with zero attached hydrogens (tertiary/aromatic N) is 1. The number of rotatable bonds is 4. The fraction of sp³-hybridized carbons (Fsp3) is 0.188. The molecule has 24 heavy (non-hydrogen) atoms. The minimum atomic E-state index is -0.454. The number of aromatic nitrogens is 1. The molecule has 0 saturated heterocycles. The van der Waals surface area contributed by atoms with Crippen LogP contribution < -0.4 is 15.7 Å². The highest BCUT2D eigenvalue weighted by atomic mass is 35.5. The average Bonchev–Trinajstić information content (AvgIpc) is 2.91. The summed E-state index contributed by atoms with van der Waals surface area (Å²) >= 11 is 7.51. The van der Waals surface area contributed by atoms with Crippen LogP contribution >= 0.6 is 22.9 Å². The predicted octanol–water partition coefficient (Wildman–Crippen LogP) is 3.54. The number of fused-ring (bicyclic) bond motifs is 1. The summed E-state index contributed by atoms with van der Waals surface area (Å²) in [4.78, 5) is 27.5. The first kappa shape index (κ1) is 16.5. The van der Waals surface area contributed by atoms with Gasteiger partial charge < -0.3 is 9.15 Å². The van der Waals surface area contributed by atoms with E-state index in [0.29, 0.717) is 15.7 Å². The van der Waals surface area contributed by atoms with Gasteiger partial charge in [0.25, 0.3) is 5.91 Å². The second-order valence-corrected chi connectivity index (χ2v) is 6.42. The summed E-state index contributed by atoms with van der Waals surface area (Å²) in [6.45, 7) is 3.40. The molecule has 0 fully saturated rings. The van der Waals surface area contributed by atoms with Crippen molar-refractivity contribution in [1.29, 1.82) is 0 Å². The van der Waals surface area contributed by atoms with Gasteiger partial charge in [-0.25, -0.2) is 9.78 Å². The van der Waals surface area contributed by atoms with Gasteiger partial charge in [0.1, 0.15) is 11.3 Å². The highest BCUT2D eigenvalue weighted by molar-refractivity contribution is 7.13. The van der Waals surface area contributed by atoms with Crippen molar-refractivity contribution < 1.29 is 13.9 Å². The van der Waals surface area contributed by atoms with Crippen molar-refractivity contribution in [3.05, 3.63) is 50.3 Å². The lowest BCUT2D eigenvalue weighted by Gasteiger charge is -2.09. The first-order valence-corrected chi connectivity index (χ1v) is 8.27. The zero-order valence-corrected chi connectivity index (χ0v) is 14.5. The van der Waals surface area contributed by atoms with E-state index in [1.165, 1.54) is 23.5 Å². The van der Waals surface area contributed by atoms with Gasteiger partial charge in [0.15, 0.2) is 11.7 Å². The summed E-state index contributed by atoms with van der Waals surface area (Å²) < 4.78 is 10.6. The third-order valence-electron chi connectivity index (χ3n) is 3.23. The second-order valence-electron chi connectivity index (χ2n) is 5.16. The Bertz CT molecular complexity index is 980. The normalized spacial score (nSPS) is 10.8. The van der Waals surface area contributed by atoms with Gasteiger partial charge in [-0.3, -0.25) is 10.1 Å². The molecule has 0 aliphatic carbocycles. The molecule has 2 aromatic heterocycles. The number of hydrogen-bond acceptors (Lipinski definition) is 6. The molecule has 2 heterocycles. The van der Waals surface area contributed by atoms with Crippen LogP contribution in [0, 0.1) is 13.8 Å². The SMILES string of the molecule is Cc1csc(NC(=O)COc2cc3oc(=O)cc(C)c3cc2Cl)n1. The Labute approximate surface area is 146 Å². The van der Waals surface area contributed by atoms with Crippen molar-refractivity contribution in [2.45, 2.75) is 13.8 Å². The van der Waals surface area contributed by atoms with Crippen LogP contribution in [0.3, 0.4) is 0 Å². The molecule has 0 atom stereocenters. The van der Waals surface area contributed by atoms with Crippen LogP contribution in [0.4, 0.5) is 5.13 Å². The van der Waals surface area contributed by atoms with E-state index in [4.69, 9.17) is 20.8 Å². The van der Waals surface area contributed by atoms with E-state index >= 15 is 0 Å². The zero-order chi connectivity index (χ0) is 17.3. The van der Waals surface area contributed by atoms with E-state index in [2.05, 4.69) is 10.3 Å². The van der Waals surface area contributed by atoms with E-state index < -0.39 is 5.63 Å². The number of nitrogens with one attached hydrogen (secondary N) is 1. The minimum absolute atomic E-state index is 0.236. The lowest BCUT2D eigenvalue weighted by atomic mass is 10.1. The predicted molar refractivity (Wildman–Crippen MR) is 93.2 cm³/mol. The highest BCUT2D eigenvalue weighted by Crippen LogP contribution is 2.31. The van der Waals surface area contributed by atoms with Crippen molar-refractivity contribution in [3.8, 4) is 5.75 Å². The monoisotopic (exact) mass is 364 g/mol. The van der Waals surface area contributed by atoms with Gasteiger partial charge in [0, 0.05) is 22.9 Å². The molecule has 0 spiro atoms. The van der Waals surface area contributed by atoms with E-state index in [-0.39, 0.29) is 18.3 Å². The molecule has 0 aliphatic heterocycles. The summed E-state index contributed by atoms with van der Waals surface area (Å²) in [7, 11) is 0. The topological polar surface area (TPSA) is 81.4 Å². The van der Waals surface area contributed by atoms with Crippen LogP contribution in [0.2, 0.25) is 5.02 Å². The Morgan fingerprint density at radius 1 is 1.38 bits per heavy atom. The summed E-state index contributed by atoms with van der Waals surface area (Å²) in [6.07, 6.45) is 0. The van der Waals surface area contributed by atoms with E-state index in [1.54, 1.807) is 13.0 Å². The maximum absolute atomic E-state index is 11.9. The fourth-order valence-electron chi connectivity index (χ4n) is 2.14. The maximum Gasteiger partial charge on any atom is 0.336 e. The largest absolute Gasteiger partial charge is 0.482 e. The Morgan fingerprint density at radius 2 is 2.17 bits per heavy atom. The minimum Gasteiger partial charge on any atom is -0.482 e. The van der Waals surface area contributed by atoms with E-state index in [0.717, 1.165) is 16.6 Å². The number of anilines is 1. The quantitative estimate of drug-likeness (QED) is 0.716. The number of amides is 1. The van der Waals surface area contributed by atoms with Gasteiger partial charge in [-0.15, -0.1) is 11.3 Å². The summed E-state index contributed by atoms with van der Waals surface area (Å²) in [5.74, 6) is -0.0883. The highest BCUT2D eigenvalue weighted by Gasteiger charge is 2.12. The van der Waals surface area contributed by atoms with Gasteiger partial charge in [-0.1, -0.05) is 11.6 Å². The van der Waals surface area contributed by atoms with Crippen LogP contribution in [0.25, 0.3) is 11.0 Å². The molecule has 1 aromatic carbocycles. The molecule has 1 N–H and O–H groups in total. The van der Waals surface area contributed by atoms with E-state index in [9.17, 15) is 9.59 Å². The van der Waals surface area contributed by atoms with Gasteiger partial charge >= 0.3 is 5.63 Å². The first-order valence-electron chi connectivity index (χ1n) is 7.01. The summed E-state index contributed by atoms with van der Waals surface area (Å²) in [6, 6.07) is 4.54. The number of carbonyl (C=O) groups excluding carboxylic acids is 1. The van der Waals surface area contributed by atoms with Crippen LogP contribution in [0.1, 0.15) is 11.3 Å². The molecule has 8 heteroatoms. The van der Waals surface area contributed by atoms with Crippen LogP contribution in [-0.4, -0.2) is 17.5 Å². The van der Waals surface area contributed by atoms with Crippen LogP contribution in [0.15, 0.2) is 32.8 Å². The average molecular weight is 365 g/mol. The van der Waals surface area contributed by atoms with Gasteiger partial charge in [-0.2, -0.15) is 0 Å². The molecule has 1 amide bonds. The smallest absolute Gasteiger partial charge is 0.336 e. The molecule has 0 radical (unpaired) electrons. The zero-order valence-electron chi connectivity index (χ0n) is 12.9. The Hall–Kier alpha value is -2.38. The molecule has 0 bridgehead atoms. The lowest BCUT2D eigenvalue weighted by molar-refractivity contribution is -0.118. The number of hydrogen-bond donors (Lipinski definition) is 1. The molecular weight excluding hydrogens is 352 g/mol. The number of carbonyl (C=O) groups is 1. The summed E-state index contributed by atoms with van der Waals surface area (Å²) in [5.41, 5.74) is 1.49. The van der Waals surface area contributed by atoms with Gasteiger partial charge in [0.2, 0.25) is 0 Å². The van der Waals surface area contributed by atoms with E-state index in [1.807, 2.05) is 12.3 Å². The van der Waals surface area contributed by atoms with Crippen molar-refractivity contribution >= 4 is 44.9 Å². The molecule has 3 rings (SSSR count). The van der Waals surface area contributed by atoms with Gasteiger partial charge in [-0.05, 0) is 25.5 Å². The molecule has 124 valence electrons. The summed E-state index contributed by atoms with van der Waals surface area (Å²) in [5, 5.41) is 6.02. The molecule has 0 aliphatic rings. The molecular formula is C16H13ClN2O4S. The lowest BCUT2D eigenvalue weighted by Crippen LogP contribution is -2.20. The van der Waals surface area contributed by atoms with Crippen LogP contribution in [-0.2, 0) is 4.79 Å². The Balaban J connectivity index is 1.76. The van der Waals surface area contributed by atoms with Crippen molar-refractivity contribution in [2.24, 2.45) is 0 Å². The Kier molecular flexibility index (Phi) is 4.55.